The fourth-order valence-electron chi connectivity index (χ4n) is 3.62. The normalized spacial score (nSPS) is 38.5. The number of nitrogens with zero attached hydrogens (tertiary/aromatic N) is 1. The maximum Gasteiger partial charge on any atom is 0.0278 e. The van der Waals surface area contributed by atoms with Crippen molar-refractivity contribution in [2.75, 3.05) is 13.1 Å². The first-order valence-corrected chi connectivity index (χ1v) is 7.56. The van der Waals surface area contributed by atoms with Crippen LogP contribution >= 0.6 is 0 Å². The monoisotopic (exact) mass is 238 g/mol. The van der Waals surface area contributed by atoms with Gasteiger partial charge in [0, 0.05) is 30.7 Å². The standard InChI is InChI=1S/C15H30N2/c1-5-15(4)11-17(12(2)10-16-15)13(3)14-8-6-7-9-14/h12-14,16H,5-11H2,1-4H3. The highest BCUT2D eigenvalue weighted by molar-refractivity contribution is 4.96. The number of hydrogen-bond acceptors (Lipinski definition) is 2. The molecule has 3 atom stereocenters. The molecule has 0 spiro atoms. The van der Waals surface area contributed by atoms with Crippen LogP contribution in [0.4, 0.5) is 0 Å². The van der Waals surface area contributed by atoms with E-state index in [-0.39, 0.29) is 0 Å². The van der Waals surface area contributed by atoms with Gasteiger partial charge in [0.1, 0.15) is 0 Å². The molecule has 0 bridgehead atoms. The Hall–Kier alpha value is -0.0800. The molecule has 0 amide bonds. The van der Waals surface area contributed by atoms with Gasteiger partial charge in [-0.15, -0.1) is 0 Å². The quantitative estimate of drug-likeness (QED) is 0.813. The summed E-state index contributed by atoms with van der Waals surface area (Å²) >= 11 is 0. The van der Waals surface area contributed by atoms with Gasteiger partial charge in [-0.2, -0.15) is 0 Å². The summed E-state index contributed by atoms with van der Waals surface area (Å²) in [5.41, 5.74) is 0.333. The molecule has 1 aliphatic carbocycles. The first kappa shape index (κ1) is 13.4. The molecule has 0 radical (unpaired) electrons. The van der Waals surface area contributed by atoms with Crippen LogP contribution in [0.3, 0.4) is 0 Å². The van der Waals surface area contributed by atoms with E-state index in [2.05, 4.69) is 37.9 Å². The van der Waals surface area contributed by atoms with Crippen LogP contribution in [-0.4, -0.2) is 35.6 Å². The van der Waals surface area contributed by atoms with Crippen LogP contribution in [0, 0.1) is 5.92 Å². The Morgan fingerprint density at radius 1 is 1.35 bits per heavy atom. The van der Waals surface area contributed by atoms with E-state index in [1.807, 2.05) is 0 Å². The van der Waals surface area contributed by atoms with Gasteiger partial charge in [0.15, 0.2) is 0 Å². The Bertz CT molecular complexity index is 247. The van der Waals surface area contributed by atoms with Gasteiger partial charge in [-0.25, -0.2) is 0 Å². The van der Waals surface area contributed by atoms with E-state index in [0.717, 1.165) is 18.5 Å². The minimum atomic E-state index is 0.333. The highest BCUT2D eigenvalue weighted by Gasteiger charge is 2.37. The van der Waals surface area contributed by atoms with E-state index < -0.39 is 0 Å². The third-order valence-electron chi connectivity index (χ3n) is 5.31. The van der Waals surface area contributed by atoms with E-state index in [1.165, 1.54) is 38.6 Å². The lowest BCUT2D eigenvalue weighted by Gasteiger charge is -2.48. The van der Waals surface area contributed by atoms with E-state index in [9.17, 15) is 0 Å². The second kappa shape index (κ2) is 5.27. The average Bonchev–Trinajstić information content (AvgIpc) is 2.85. The fourth-order valence-corrected chi connectivity index (χ4v) is 3.62. The summed E-state index contributed by atoms with van der Waals surface area (Å²) in [7, 11) is 0. The van der Waals surface area contributed by atoms with Crippen LogP contribution in [-0.2, 0) is 0 Å². The van der Waals surface area contributed by atoms with Crippen molar-refractivity contribution in [2.24, 2.45) is 5.92 Å². The number of nitrogens with one attached hydrogen (secondary N) is 1. The summed E-state index contributed by atoms with van der Waals surface area (Å²) in [6.07, 6.45) is 7.07. The first-order chi connectivity index (χ1) is 8.06. The van der Waals surface area contributed by atoms with Crippen LogP contribution in [0.2, 0.25) is 0 Å². The number of hydrogen-bond donors (Lipinski definition) is 1. The zero-order valence-corrected chi connectivity index (χ0v) is 12.1. The molecule has 17 heavy (non-hydrogen) atoms. The molecule has 2 aliphatic rings. The molecule has 3 unspecified atom stereocenters. The van der Waals surface area contributed by atoms with Crippen LogP contribution in [0.1, 0.15) is 59.8 Å². The van der Waals surface area contributed by atoms with Crippen molar-refractivity contribution in [1.82, 2.24) is 10.2 Å². The smallest absolute Gasteiger partial charge is 0.0278 e. The van der Waals surface area contributed by atoms with Gasteiger partial charge >= 0.3 is 0 Å². The summed E-state index contributed by atoms with van der Waals surface area (Å²) in [6.45, 7) is 11.9. The molecule has 2 heteroatoms. The molecule has 1 heterocycles. The highest BCUT2D eigenvalue weighted by Crippen LogP contribution is 2.32. The lowest BCUT2D eigenvalue weighted by atomic mass is 9.89. The van der Waals surface area contributed by atoms with Crippen molar-refractivity contribution in [3.8, 4) is 0 Å². The van der Waals surface area contributed by atoms with Crippen LogP contribution in [0.15, 0.2) is 0 Å². The van der Waals surface area contributed by atoms with Crippen molar-refractivity contribution >= 4 is 0 Å². The Kier molecular flexibility index (Phi) is 4.14. The van der Waals surface area contributed by atoms with Gasteiger partial charge in [0.2, 0.25) is 0 Å². The maximum absolute atomic E-state index is 3.73. The van der Waals surface area contributed by atoms with Crippen molar-refractivity contribution < 1.29 is 0 Å². The highest BCUT2D eigenvalue weighted by atomic mass is 15.3. The minimum Gasteiger partial charge on any atom is -0.309 e. The molecular weight excluding hydrogens is 208 g/mol. The van der Waals surface area contributed by atoms with Crippen LogP contribution < -0.4 is 5.32 Å². The molecule has 2 fully saturated rings. The Morgan fingerprint density at radius 3 is 2.59 bits per heavy atom. The van der Waals surface area contributed by atoms with Gasteiger partial charge in [0.05, 0.1) is 0 Å². The van der Waals surface area contributed by atoms with Gasteiger partial charge < -0.3 is 5.32 Å². The van der Waals surface area contributed by atoms with Crippen molar-refractivity contribution in [3.63, 3.8) is 0 Å². The Balaban J connectivity index is 2.01. The third kappa shape index (κ3) is 2.85. The van der Waals surface area contributed by atoms with E-state index in [1.54, 1.807) is 0 Å². The van der Waals surface area contributed by atoms with Gasteiger partial charge in [-0.1, -0.05) is 19.8 Å². The molecule has 2 rings (SSSR count). The van der Waals surface area contributed by atoms with E-state index in [0.29, 0.717) is 11.6 Å². The number of rotatable bonds is 3. The summed E-state index contributed by atoms with van der Waals surface area (Å²) in [5.74, 6) is 0.955. The molecule has 2 nitrogen and oxygen atoms in total. The van der Waals surface area contributed by atoms with E-state index >= 15 is 0 Å². The van der Waals surface area contributed by atoms with Gasteiger partial charge in [0.25, 0.3) is 0 Å². The Labute approximate surface area is 107 Å². The summed E-state index contributed by atoms with van der Waals surface area (Å²) < 4.78 is 0. The number of piperazine rings is 1. The predicted molar refractivity (Wildman–Crippen MR) is 74.3 cm³/mol. The van der Waals surface area contributed by atoms with Crippen molar-refractivity contribution in [2.45, 2.75) is 77.4 Å². The lowest BCUT2D eigenvalue weighted by molar-refractivity contribution is 0.0375. The second-order valence-corrected chi connectivity index (χ2v) is 6.60. The molecule has 0 aromatic carbocycles. The molecule has 1 saturated heterocycles. The molecule has 100 valence electrons. The lowest BCUT2D eigenvalue weighted by Crippen LogP contribution is -2.64. The minimum absolute atomic E-state index is 0.333. The van der Waals surface area contributed by atoms with Crippen molar-refractivity contribution in [1.29, 1.82) is 0 Å². The zero-order chi connectivity index (χ0) is 12.5. The SMILES string of the molecule is CCC1(C)CN(C(C)C2CCCC2)C(C)CN1. The Morgan fingerprint density at radius 2 is 2.00 bits per heavy atom. The second-order valence-electron chi connectivity index (χ2n) is 6.60. The van der Waals surface area contributed by atoms with Gasteiger partial charge in [-0.05, 0) is 46.0 Å². The van der Waals surface area contributed by atoms with Crippen LogP contribution in [0.5, 0.6) is 0 Å². The molecular formula is C15H30N2. The predicted octanol–water partition coefficient (Wildman–Crippen LogP) is 3.03. The molecule has 1 aliphatic heterocycles. The van der Waals surface area contributed by atoms with E-state index in [4.69, 9.17) is 0 Å². The molecule has 1 saturated carbocycles. The molecule has 0 aromatic rings. The molecule has 0 aromatic heterocycles. The first-order valence-electron chi connectivity index (χ1n) is 7.56. The fraction of sp³-hybridized carbons (Fsp3) is 1.00. The topological polar surface area (TPSA) is 15.3 Å². The average molecular weight is 238 g/mol. The summed E-state index contributed by atoms with van der Waals surface area (Å²) in [6, 6.07) is 1.48. The largest absolute Gasteiger partial charge is 0.309 e. The summed E-state index contributed by atoms with van der Waals surface area (Å²) in [4.78, 5) is 2.77. The van der Waals surface area contributed by atoms with Crippen molar-refractivity contribution in [3.05, 3.63) is 0 Å². The summed E-state index contributed by atoms with van der Waals surface area (Å²) in [5, 5.41) is 3.73. The van der Waals surface area contributed by atoms with Crippen LogP contribution in [0.25, 0.3) is 0 Å². The maximum atomic E-state index is 3.73. The zero-order valence-electron chi connectivity index (χ0n) is 12.1. The third-order valence-corrected chi connectivity index (χ3v) is 5.31. The van der Waals surface area contributed by atoms with Gasteiger partial charge in [-0.3, -0.25) is 4.90 Å². The molecule has 1 N–H and O–H groups in total.